The van der Waals surface area contributed by atoms with E-state index in [0.717, 1.165) is 31.2 Å². The van der Waals surface area contributed by atoms with Gasteiger partial charge >= 0.3 is 0 Å². The molecule has 0 spiro atoms. The molecule has 4 rings (SSSR count). The number of carbonyl (C=O) groups is 1. The standard InChI is InChI=1S/C24H30ClN3O4S/c1-18-4-9-21(16-22(18)33(30,31)28-12-14-32-15-13-28)27-23(29)17-26-24(10-2-3-11-24)19-5-7-20(25)8-6-19/h4-9,16,26H,2-3,10-15,17H2,1H3,(H,27,29). The predicted octanol–water partition coefficient (Wildman–Crippen LogP) is 3.67. The van der Waals surface area contributed by atoms with E-state index in [0.29, 0.717) is 42.6 Å². The fourth-order valence-corrected chi connectivity index (χ4v) is 6.44. The van der Waals surface area contributed by atoms with Crippen LogP contribution in [0.5, 0.6) is 0 Å². The summed E-state index contributed by atoms with van der Waals surface area (Å²) < 4.78 is 32.9. The normalized spacial score (nSPS) is 18.8. The van der Waals surface area contributed by atoms with Crippen molar-refractivity contribution in [2.75, 3.05) is 38.2 Å². The lowest BCUT2D eigenvalue weighted by Crippen LogP contribution is -2.44. The van der Waals surface area contributed by atoms with Gasteiger partial charge in [0.25, 0.3) is 0 Å². The Morgan fingerprint density at radius 1 is 1.09 bits per heavy atom. The zero-order chi connectivity index (χ0) is 23.5. The number of hydrogen-bond acceptors (Lipinski definition) is 5. The molecule has 7 nitrogen and oxygen atoms in total. The molecule has 9 heteroatoms. The number of anilines is 1. The Bertz CT molecular complexity index is 1090. The molecule has 0 unspecified atom stereocenters. The molecule has 0 atom stereocenters. The van der Waals surface area contributed by atoms with Gasteiger partial charge < -0.3 is 10.1 Å². The number of rotatable bonds is 7. The Hall–Kier alpha value is -1.97. The van der Waals surface area contributed by atoms with Crippen molar-refractivity contribution in [3.05, 3.63) is 58.6 Å². The lowest BCUT2D eigenvalue weighted by Gasteiger charge is -2.31. The maximum atomic E-state index is 13.1. The van der Waals surface area contributed by atoms with Gasteiger partial charge in [-0.15, -0.1) is 0 Å². The largest absolute Gasteiger partial charge is 0.379 e. The van der Waals surface area contributed by atoms with E-state index in [-0.39, 0.29) is 22.9 Å². The lowest BCUT2D eigenvalue weighted by molar-refractivity contribution is -0.115. The number of nitrogens with zero attached hydrogens (tertiary/aromatic N) is 1. The summed E-state index contributed by atoms with van der Waals surface area (Å²) in [5.41, 5.74) is 1.99. The smallest absolute Gasteiger partial charge is 0.243 e. The molecule has 2 aliphatic rings. The highest BCUT2D eigenvalue weighted by atomic mass is 35.5. The van der Waals surface area contributed by atoms with Gasteiger partial charge in [0.05, 0.1) is 24.7 Å². The van der Waals surface area contributed by atoms with Crippen LogP contribution in [-0.4, -0.2) is 51.5 Å². The maximum Gasteiger partial charge on any atom is 0.243 e. The molecule has 2 aromatic carbocycles. The number of carbonyl (C=O) groups excluding carboxylic acids is 1. The van der Waals surface area contributed by atoms with Gasteiger partial charge in [-0.1, -0.05) is 42.6 Å². The molecule has 1 heterocycles. The number of halogens is 1. The van der Waals surface area contributed by atoms with Crippen LogP contribution >= 0.6 is 11.6 Å². The molecule has 2 N–H and O–H groups in total. The molecule has 1 saturated heterocycles. The molecule has 1 aliphatic carbocycles. The third kappa shape index (κ3) is 5.41. The van der Waals surface area contributed by atoms with Crippen LogP contribution in [0.1, 0.15) is 36.8 Å². The van der Waals surface area contributed by atoms with Gasteiger partial charge in [0, 0.05) is 29.3 Å². The second kappa shape index (κ2) is 10.1. The van der Waals surface area contributed by atoms with Gasteiger partial charge in [-0.05, 0) is 55.2 Å². The van der Waals surface area contributed by atoms with Gasteiger partial charge in [0.15, 0.2) is 0 Å². The second-order valence-electron chi connectivity index (χ2n) is 8.69. The van der Waals surface area contributed by atoms with Gasteiger partial charge in [-0.25, -0.2) is 8.42 Å². The summed E-state index contributed by atoms with van der Waals surface area (Å²) in [5, 5.41) is 7.01. The van der Waals surface area contributed by atoms with Crippen LogP contribution < -0.4 is 10.6 Å². The Morgan fingerprint density at radius 3 is 2.42 bits per heavy atom. The van der Waals surface area contributed by atoms with E-state index < -0.39 is 10.0 Å². The molecule has 178 valence electrons. The lowest BCUT2D eigenvalue weighted by atomic mass is 9.88. The Kier molecular flexibility index (Phi) is 7.40. The van der Waals surface area contributed by atoms with Crippen molar-refractivity contribution in [3.63, 3.8) is 0 Å². The van der Waals surface area contributed by atoms with Gasteiger partial charge in [-0.3, -0.25) is 10.1 Å². The minimum Gasteiger partial charge on any atom is -0.379 e. The topological polar surface area (TPSA) is 87.7 Å². The molecular formula is C24H30ClN3O4S. The first-order valence-electron chi connectivity index (χ1n) is 11.3. The van der Waals surface area contributed by atoms with E-state index in [2.05, 4.69) is 10.6 Å². The van der Waals surface area contributed by atoms with Crippen LogP contribution in [-0.2, 0) is 25.1 Å². The third-order valence-electron chi connectivity index (χ3n) is 6.50. The number of morpholine rings is 1. The summed E-state index contributed by atoms with van der Waals surface area (Å²) in [5.74, 6) is -0.214. The van der Waals surface area contributed by atoms with E-state index in [4.69, 9.17) is 16.3 Å². The van der Waals surface area contributed by atoms with Crippen LogP contribution in [0.25, 0.3) is 0 Å². The fourth-order valence-electron chi connectivity index (χ4n) is 4.65. The van der Waals surface area contributed by atoms with E-state index in [9.17, 15) is 13.2 Å². The molecule has 1 aliphatic heterocycles. The number of sulfonamides is 1. The van der Waals surface area contributed by atoms with E-state index >= 15 is 0 Å². The number of aryl methyl sites for hydroxylation is 1. The van der Waals surface area contributed by atoms with Crippen LogP contribution in [0.4, 0.5) is 5.69 Å². The SMILES string of the molecule is Cc1ccc(NC(=O)CNC2(c3ccc(Cl)cc3)CCCC2)cc1S(=O)(=O)N1CCOCC1. The van der Waals surface area contributed by atoms with Crippen molar-refractivity contribution < 1.29 is 17.9 Å². The average molecular weight is 492 g/mol. The number of ether oxygens (including phenoxy) is 1. The molecule has 1 amide bonds. The molecular weight excluding hydrogens is 462 g/mol. The second-order valence-corrected chi connectivity index (χ2v) is 11.0. The summed E-state index contributed by atoms with van der Waals surface area (Å²) in [6.07, 6.45) is 4.10. The van der Waals surface area contributed by atoms with Crippen molar-refractivity contribution >= 4 is 33.2 Å². The highest BCUT2D eigenvalue weighted by molar-refractivity contribution is 7.89. The minimum absolute atomic E-state index is 0.127. The molecule has 2 fully saturated rings. The first-order valence-corrected chi connectivity index (χ1v) is 13.1. The number of nitrogens with one attached hydrogen (secondary N) is 2. The van der Waals surface area contributed by atoms with Crippen molar-refractivity contribution in [2.45, 2.75) is 43.0 Å². The summed E-state index contributed by atoms with van der Waals surface area (Å²) in [6.45, 7) is 3.31. The van der Waals surface area contributed by atoms with E-state index in [1.807, 2.05) is 24.3 Å². The number of amides is 1. The summed E-state index contributed by atoms with van der Waals surface area (Å²) >= 11 is 6.05. The molecule has 0 radical (unpaired) electrons. The van der Waals surface area contributed by atoms with Gasteiger partial charge in [0.1, 0.15) is 0 Å². The van der Waals surface area contributed by atoms with E-state index in [1.54, 1.807) is 25.1 Å². The molecule has 0 bridgehead atoms. The highest BCUT2D eigenvalue weighted by Crippen LogP contribution is 2.39. The summed E-state index contributed by atoms with van der Waals surface area (Å²) in [4.78, 5) is 13.0. The van der Waals surface area contributed by atoms with Crippen LogP contribution in [0.15, 0.2) is 47.4 Å². The number of hydrogen-bond donors (Lipinski definition) is 2. The average Bonchev–Trinajstić information content (AvgIpc) is 3.30. The van der Waals surface area contributed by atoms with Crippen molar-refractivity contribution in [3.8, 4) is 0 Å². The molecule has 2 aromatic rings. The van der Waals surface area contributed by atoms with Crippen molar-refractivity contribution in [1.29, 1.82) is 0 Å². The van der Waals surface area contributed by atoms with Gasteiger partial charge in [0.2, 0.25) is 15.9 Å². The van der Waals surface area contributed by atoms with Crippen molar-refractivity contribution in [2.24, 2.45) is 0 Å². The first kappa shape index (κ1) is 24.2. The van der Waals surface area contributed by atoms with Crippen LogP contribution in [0, 0.1) is 6.92 Å². The summed E-state index contributed by atoms with van der Waals surface area (Å²) in [6, 6.07) is 12.8. The zero-order valence-corrected chi connectivity index (χ0v) is 20.3. The van der Waals surface area contributed by atoms with E-state index in [1.165, 1.54) is 4.31 Å². The number of benzene rings is 2. The zero-order valence-electron chi connectivity index (χ0n) is 18.8. The maximum absolute atomic E-state index is 13.1. The van der Waals surface area contributed by atoms with Crippen LogP contribution in [0.2, 0.25) is 5.02 Å². The predicted molar refractivity (Wildman–Crippen MR) is 129 cm³/mol. The molecule has 1 saturated carbocycles. The monoisotopic (exact) mass is 491 g/mol. The highest BCUT2D eigenvalue weighted by Gasteiger charge is 2.35. The first-order chi connectivity index (χ1) is 15.8. The quantitative estimate of drug-likeness (QED) is 0.617. The Labute approximate surface area is 200 Å². The van der Waals surface area contributed by atoms with Crippen LogP contribution in [0.3, 0.4) is 0 Å². The summed E-state index contributed by atoms with van der Waals surface area (Å²) in [7, 11) is -3.65. The Morgan fingerprint density at radius 2 is 1.76 bits per heavy atom. The molecule has 0 aromatic heterocycles. The Balaban J connectivity index is 1.45. The van der Waals surface area contributed by atoms with Crippen molar-refractivity contribution in [1.82, 2.24) is 9.62 Å². The van der Waals surface area contributed by atoms with Gasteiger partial charge in [-0.2, -0.15) is 4.31 Å². The third-order valence-corrected chi connectivity index (χ3v) is 8.79. The molecule has 33 heavy (non-hydrogen) atoms. The fraction of sp³-hybridized carbons (Fsp3) is 0.458. The minimum atomic E-state index is -3.65.